The van der Waals surface area contributed by atoms with Gasteiger partial charge in [0.1, 0.15) is 6.54 Å². The molecule has 3 atom stereocenters. The Morgan fingerprint density at radius 3 is 2.50 bits per heavy atom. The number of hydrogen-bond donors (Lipinski definition) is 6. The van der Waals surface area contributed by atoms with Crippen LogP contribution < -0.4 is 22.2 Å². The molecule has 0 aromatic heterocycles. The topological polar surface area (TPSA) is 154 Å². The molecule has 0 aliphatic carbocycles. The minimum absolute atomic E-state index is 0.0147. The Morgan fingerprint density at radius 1 is 1.32 bits per heavy atom. The van der Waals surface area contributed by atoms with Gasteiger partial charge in [-0.2, -0.15) is 0 Å². The van der Waals surface area contributed by atoms with Crippen LogP contribution in [0.5, 0.6) is 0 Å². The van der Waals surface area contributed by atoms with Crippen LogP contribution >= 0.6 is 0 Å². The van der Waals surface area contributed by atoms with Gasteiger partial charge in [-0.1, -0.05) is 0 Å². The predicted molar refractivity (Wildman–Crippen MR) is 82.8 cm³/mol. The van der Waals surface area contributed by atoms with Gasteiger partial charge < -0.3 is 27.0 Å². The van der Waals surface area contributed by atoms with Crippen molar-refractivity contribution in [1.29, 1.82) is 0 Å². The Bertz CT molecular complexity index is 340. The minimum atomic E-state index is -1.04. The van der Waals surface area contributed by atoms with Gasteiger partial charge in [-0.15, -0.1) is 0 Å². The number of carbonyl (C=O) groups is 2. The molecule has 0 aliphatic rings. The van der Waals surface area contributed by atoms with Gasteiger partial charge in [-0.05, 0) is 26.3 Å². The molecule has 9 nitrogen and oxygen atoms in total. The third-order valence-electron chi connectivity index (χ3n) is 2.87. The molecule has 0 spiro atoms. The fraction of sp³-hybridized carbons (Fsp3) is 0.846. The number of rotatable bonds is 12. The third-order valence-corrected chi connectivity index (χ3v) is 2.87. The molecule has 9 heteroatoms. The molecular formula is C13H29N5O4. The first kappa shape index (κ1) is 20.7. The standard InChI is InChI=1S/C13H29N5O4/c1-9(14)3-4-16-7-11(19)5-10(15)6-12(20)17-18(2)8-13(21)22/h9-11,16,19H,3-8,14-15H2,1-2H3,(H,17,20)(H,21,22)/t9?,10-,11-/m1/s1. The highest BCUT2D eigenvalue weighted by Crippen LogP contribution is 2.00. The first-order valence-electron chi connectivity index (χ1n) is 7.33. The number of nitrogens with two attached hydrogens (primary N) is 2. The Kier molecular flexibility index (Phi) is 10.7. The number of aliphatic hydroxyl groups excluding tert-OH is 1. The SMILES string of the molecule is CC(N)CCNC[C@H](O)C[C@@H](N)CC(=O)NN(C)CC(=O)O. The van der Waals surface area contributed by atoms with E-state index in [2.05, 4.69) is 10.7 Å². The lowest BCUT2D eigenvalue weighted by atomic mass is 10.1. The van der Waals surface area contributed by atoms with E-state index in [1.54, 1.807) is 0 Å². The number of aliphatic carboxylic acids is 1. The highest BCUT2D eigenvalue weighted by Gasteiger charge is 2.16. The van der Waals surface area contributed by atoms with Gasteiger partial charge in [0.2, 0.25) is 5.91 Å². The van der Waals surface area contributed by atoms with Crippen molar-refractivity contribution < 1.29 is 19.8 Å². The molecule has 0 fully saturated rings. The Hall–Kier alpha value is -1.26. The largest absolute Gasteiger partial charge is 0.480 e. The number of carboxylic acids is 1. The van der Waals surface area contributed by atoms with Crippen LogP contribution in [-0.2, 0) is 9.59 Å². The summed E-state index contributed by atoms with van der Waals surface area (Å²) >= 11 is 0. The molecule has 0 aliphatic heterocycles. The lowest BCUT2D eigenvalue weighted by Crippen LogP contribution is -2.44. The minimum Gasteiger partial charge on any atom is -0.480 e. The number of nitrogens with zero attached hydrogens (tertiary/aromatic N) is 1. The number of hydrazine groups is 1. The Labute approximate surface area is 131 Å². The second kappa shape index (κ2) is 11.3. The zero-order valence-electron chi connectivity index (χ0n) is 13.3. The fourth-order valence-electron chi connectivity index (χ4n) is 1.85. The van der Waals surface area contributed by atoms with Crippen molar-refractivity contribution in [1.82, 2.24) is 15.8 Å². The van der Waals surface area contributed by atoms with Gasteiger partial charge in [0.15, 0.2) is 0 Å². The van der Waals surface area contributed by atoms with E-state index in [1.807, 2.05) is 6.92 Å². The summed E-state index contributed by atoms with van der Waals surface area (Å²) in [5.74, 6) is -1.42. The summed E-state index contributed by atoms with van der Waals surface area (Å²) in [5, 5.41) is 22.6. The molecule has 130 valence electrons. The third kappa shape index (κ3) is 12.5. The summed E-state index contributed by atoms with van der Waals surface area (Å²) in [6, 6.07) is -0.387. The molecule has 0 radical (unpaired) electrons. The monoisotopic (exact) mass is 319 g/mol. The highest BCUT2D eigenvalue weighted by atomic mass is 16.4. The molecule has 0 heterocycles. The molecule has 1 amide bonds. The first-order valence-corrected chi connectivity index (χ1v) is 7.33. The van der Waals surface area contributed by atoms with E-state index in [-0.39, 0.29) is 31.3 Å². The summed E-state index contributed by atoms with van der Waals surface area (Å²) < 4.78 is 0. The second-order valence-electron chi connectivity index (χ2n) is 5.61. The summed E-state index contributed by atoms with van der Waals surface area (Å²) in [4.78, 5) is 22.1. The van der Waals surface area contributed by atoms with Gasteiger partial charge in [-0.3, -0.25) is 15.0 Å². The molecule has 0 aromatic rings. The first-order chi connectivity index (χ1) is 10.2. The van der Waals surface area contributed by atoms with Crippen LogP contribution in [0.2, 0.25) is 0 Å². The van der Waals surface area contributed by atoms with Crippen LogP contribution in [0, 0.1) is 0 Å². The van der Waals surface area contributed by atoms with E-state index in [0.717, 1.165) is 6.42 Å². The molecular weight excluding hydrogens is 290 g/mol. The Balaban J connectivity index is 3.84. The number of carbonyl (C=O) groups excluding carboxylic acids is 1. The molecule has 1 unspecified atom stereocenters. The summed E-state index contributed by atoms with van der Waals surface area (Å²) in [6.45, 7) is 2.71. The van der Waals surface area contributed by atoms with Crippen LogP contribution in [0.25, 0.3) is 0 Å². The van der Waals surface area contributed by atoms with Crippen LogP contribution in [0.4, 0.5) is 0 Å². The zero-order valence-corrected chi connectivity index (χ0v) is 13.3. The van der Waals surface area contributed by atoms with E-state index >= 15 is 0 Å². The van der Waals surface area contributed by atoms with Crippen molar-refractivity contribution >= 4 is 11.9 Å². The highest BCUT2D eigenvalue weighted by molar-refractivity contribution is 5.76. The normalized spacial score (nSPS) is 15.4. The quantitative estimate of drug-likeness (QED) is 0.175. The molecule has 0 rings (SSSR count). The molecule has 8 N–H and O–H groups in total. The lowest BCUT2D eigenvalue weighted by molar-refractivity contribution is -0.139. The van der Waals surface area contributed by atoms with Crippen molar-refractivity contribution in [2.24, 2.45) is 11.5 Å². The second-order valence-corrected chi connectivity index (χ2v) is 5.61. The van der Waals surface area contributed by atoms with E-state index in [4.69, 9.17) is 16.6 Å². The van der Waals surface area contributed by atoms with Crippen LogP contribution in [0.3, 0.4) is 0 Å². The summed E-state index contributed by atoms with van der Waals surface area (Å²) in [6.07, 6.45) is 0.465. The van der Waals surface area contributed by atoms with Crippen molar-refractivity contribution in [2.45, 2.75) is 44.4 Å². The summed E-state index contributed by atoms with van der Waals surface area (Å²) in [5.41, 5.74) is 13.8. The van der Waals surface area contributed by atoms with E-state index in [1.165, 1.54) is 12.1 Å². The number of carboxylic acid groups (broad SMARTS) is 1. The fourth-order valence-corrected chi connectivity index (χ4v) is 1.85. The van der Waals surface area contributed by atoms with E-state index in [9.17, 15) is 14.7 Å². The number of hydrogen-bond acceptors (Lipinski definition) is 7. The predicted octanol–water partition coefficient (Wildman–Crippen LogP) is -2.17. The van der Waals surface area contributed by atoms with E-state index in [0.29, 0.717) is 13.1 Å². The van der Waals surface area contributed by atoms with Crippen LogP contribution in [0.1, 0.15) is 26.2 Å². The maximum Gasteiger partial charge on any atom is 0.319 e. The number of amides is 1. The van der Waals surface area contributed by atoms with Gasteiger partial charge >= 0.3 is 5.97 Å². The zero-order chi connectivity index (χ0) is 17.1. The molecule has 0 saturated carbocycles. The van der Waals surface area contributed by atoms with Gasteiger partial charge in [0.25, 0.3) is 0 Å². The average Bonchev–Trinajstić information content (AvgIpc) is 2.32. The van der Waals surface area contributed by atoms with Gasteiger partial charge in [-0.25, -0.2) is 5.01 Å². The van der Waals surface area contributed by atoms with Crippen molar-refractivity contribution in [3.05, 3.63) is 0 Å². The number of aliphatic hydroxyl groups is 1. The smallest absolute Gasteiger partial charge is 0.319 e. The molecule has 0 bridgehead atoms. The number of nitrogens with one attached hydrogen (secondary N) is 2. The number of likely N-dealkylation sites (N-methyl/N-ethyl adjacent to an activating group) is 1. The Morgan fingerprint density at radius 2 is 1.95 bits per heavy atom. The van der Waals surface area contributed by atoms with E-state index < -0.39 is 18.1 Å². The van der Waals surface area contributed by atoms with Crippen molar-refractivity contribution in [2.75, 3.05) is 26.7 Å². The van der Waals surface area contributed by atoms with Gasteiger partial charge in [0, 0.05) is 32.1 Å². The average molecular weight is 319 g/mol. The maximum atomic E-state index is 11.6. The van der Waals surface area contributed by atoms with Crippen LogP contribution in [-0.4, -0.2) is 72.0 Å². The van der Waals surface area contributed by atoms with Crippen molar-refractivity contribution in [3.63, 3.8) is 0 Å². The molecule has 22 heavy (non-hydrogen) atoms. The molecule has 0 saturated heterocycles. The maximum absolute atomic E-state index is 11.6. The van der Waals surface area contributed by atoms with Gasteiger partial charge in [0.05, 0.1) is 6.10 Å². The lowest BCUT2D eigenvalue weighted by Gasteiger charge is -2.19. The summed E-state index contributed by atoms with van der Waals surface area (Å²) in [7, 11) is 1.45. The molecule has 0 aromatic carbocycles. The van der Waals surface area contributed by atoms with Crippen molar-refractivity contribution in [3.8, 4) is 0 Å². The van der Waals surface area contributed by atoms with Crippen LogP contribution in [0.15, 0.2) is 0 Å².